The zero-order valence-electron chi connectivity index (χ0n) is 5.52. The predicted molar refractivity (Wildman–Crippen MR) is 37.1 cm³/mol. The van der Waals surface area contributed by atoms with Crippen LogP contribution in [-0.4, -0.2) is 35.4 Å². The quantitative estimate of drug-likeness (QED) is 0.390. The van der Waals surface area contributed by atoms with Crippen molar-refractivity contribution >= 4 is 35.4 Å². The second kappa shape index (κ2) is 2.51. The van der Waals surface area contributed by atoms with E-state index in [-0.39, 0.29) is 0 Å². The molecule has 2 heteroatoms. The molecule has 0 aliphatic heterocycles. The van der Waals surface area contributed by atoms with Crippen molar-refractivity contribution in [2.75, 3.05) is 0 Å². The van der Waals surface area contributed by atoms with Crippen LogP contribution in [0.2, 0.25) is 2.76 Å². The van der Waals surface area contributed by atoms with Gasteiger partial charge in [0.2, 0.25) is 0 Å². The monoisotopic (exact) mass is 92.1 g/mol. The van der Waals surface area contributed by atoms with Crippen molar-refractivity contribution in [1.82, 2.24) is 0 Å². The van der Waals surface area contributed by atoms with Gasteiger partial charge in [-0.3, -0.25) is 0 Å². The fraction of sp³-hybridized carbons (Fsp3) is 0.333. The van der Waals surface area contributed by atoms with E-state index in [1.54, 1.807) is 0 Å². The van der Waals surface area contributed by atoms with Crippen molar-refractivity contribution in [3.8, 4) is 0 Å². The Labute approximate surface area is 68.8 Å². The maximum absolute atomic E-state index is 2.24. The molecule has 0 fully saturated rings. The van der Waals surface area contributed by atoms with E-state index < -0.39 is 0 Å². The van der Waals surface area contributed by atoms with Crippen molar-refractivity contribution in [2.24, 2.45) is 0 Å². The van der Waals surface area contributed by atoms with Gasteiger partial charge in [0.25, 0.3) is 0 Å². The van der Waals surface area contributed by atoms with E-state index in [9.17, 15) is 0 Å². The molecule has 1 rings (SSSR count). The molecule has 0 saturated heterocycles. The molecule has 0 atom stereocenters. The average molecular weight is 92.0 g/mol. The fourth-order valence-corrected chi connectivity index (χ4v) is 0.834. The van der Waals surface area contributed by atoms with Gasteiger partial charge in [0.1, 0.15) is 0 Å². The molecule has 0 saturated carbocycles. The minimum absolute atomic E-state index is 0.411. The summed E-state index contributed by atoms with van der Waals surface area (Å²) in [6, 6.07) is 0. The van der Waals surface area contributed by atoms with Crippen molar-refractivity contribution in [3.63, 3.8) is 0 Å². The Morgan fingerprint density at radius 2 is 2.00 bits per heavy atom. The summed E-state index contributed by atoms with van der Waals surface area (Å²) in [5.74, 6) is 0. The molecule has 0 heterocycles. The van der Waals surface area contributed by atoms with E-state index in [1.807, 2.05) is 0 Å². The van der Waals surface area contributed by atoms with Gasteiger partial charge in [-0.2, -0.15) is 0 Å². The molecule has 0 radical (unpaired) electrons. The molecule has 0 amide bonds. The minimum atomic E-state index is 0.411. The third-order valence-electron chi connectivity index (χ3n) is 1.44. The summed E-state index contributed by atoms with van der Waals surface area (Å²) in [6.07, 6.45) is 9.85. The first-order valence-corrected chi connectivity index (χ1v) is 3.05. The molecular formula is C6H6Li2. The van der Waals surface area contributed by atoms with E-state index in [4.69, 9.17) is 0 Å². The molecule has 0 spiro atoms. The summed E-state index contributed by atoms with van der Waals surface area (Å²) >= 11 is 4.49. The van der Waals surface area contributed by atoms with E-state index >= 15 is 0 Å². The summed E-state index contributed by atoms with van der Waals surface area (Å²) in [5.41, 5.74) is 0. The van der Waals surface area contributed by atoms with Crippen LogP contribution in [0.25, 0.3) is 0 Å². The van der Waals surface area contributed by atoms with E-state index in [1.165, 1.54) is 6.42 Å². The van der Waals surface area contributed by atoms with Crippen molar-refractivity contribution < 1.29 is 0 Å². The van der Waals surface area contributed by atoms with Crippen molar-refractivity contribution in [1.29, 1.82) is 0 Å². The second-order valence-corrected chi connectivity index (χ2v) is 2.98. The molecule has 1 aliphatic rings. The molecule has 0 nitrogen and oxygen atoms in total. The van der Waals surface area contributed by atoms with Gasteiger partial charge >= 0.3 is 68.9 Å². The van der Waals surface area contributed by atoms with Crippen LogP contribution in [0.4, 0.5) is 0 Å². The van der Waals surface area contributed by atoms with Crippen LogP contribution >= 0.6 is 0 Å². The van der Waals surface area contributed by atoms with Crippen LogP contribution in [0, 0.1) is 0 Å². The van der Waals surface area contributed by atoms with Gasteiger partial charge in [0.15, 0.2) is 0 Å². The number of hydrogen-bond acceptors (Lipinski definition) is 0. The zero-order chi connectivity index (χ0) is 6.04. The first-order chi connectivity index (χ1) is 3.71. The van der Waals surface area contributed by atoms with Crippen LogP contribution in [0.1, 0.15) is 6.42 Å². The maximum atomic E-state index is 2.24. The van der Waals surface area contributed by atoms with Gasteiger partial charge in [0, 0.05) is 0 Å². The Morgan fingerprint density at radius 3 is 2.25 bits per heavy atom. The molecule has 1 aliphatic carbocycles. The molecule has 0 unspecified atom stereocenters. The molecule has 8 heavy (non-hydrogen) atoms. The number of allylic oxidation sites excluding steroid dienone is 4. The van der Waals surface area contributed by atoms with Gasteiger partial charge in [0.05, 0.1) is 0 Å². The Hall–Kier alpha value is 0.675. The first kappa shape index (κ1) is 6.79. The van der Waals surface area contributed by atoms with Gasteiger partial charge in [-0.15, -0.1) is 0 Å². The van der Waals surface area contributed by atoms with Gasteiger partial charge in [-0.25, -0.2) is 0 Å². The number of hydrogen-bond donors (Lipinski definition) is 0. The van der Waals surface area contributed by atoms with E-state index in [0.29, 0.717) is 2.76 Å². The first-order valence-electron chi connectivity index (χ1n) is 3.05. The average Bonchev–Trinajstić information content (AvgIpc) is 1.65. The molecule has 0 aromatic carbocycles. The Bertz CT molecular complexity index is 133. The SMILES string of the molecule is [Li][C]1([Li])C=CC=CC1. The zero-order valence-corrected chi connectivity index (χ0v) is 5.52. The summed E-state index contributed by atoms with van der Waals surface area (Å²) in [4.78, 5) is 0. The summed E-state index contributed by atoms with van der Waals surface area (Å²) in [7, 11) is 0. The predicted octanol–water partition coefficient (Wildman–Crippen LogP) is 0.956. The normalized spacial score (nSPS) is 24.0. The standard InChI is InChI=1S/C6H6.2Li/c1-2-4-6-5-3-1;;/h1-4H,5H2;;. The summed E-state index contributed by atoms with van der Waals surface area (Å²) < 4.78 is 0.411. The van der Waals surface area contributed by atoms with Gasteiger partial charge in [-0.1, -0.05) is 0 Å². The second-order valence-electron chi connectivity index (χ2n) is 2.98. The van der Waals surface area contributed by atoms with Gasteiger partial charge in [-0.05, 0) is 0 Å². The Kier molecular flexibility index (Phi) is 2.13. The fourth-order valence-electron chi connectivity index (χ4n) is 0.834. The molecular weight excluding hydrogens is 85.9 g/mol. The van der Waals surface area contributed by atoms with Crippen LogP contribution in [0.15, 0.2) is 24.3 Å². The van der Waals surface area contributed by atoms with Gasteiger partial charge < -0.3 is 0 Å². The van der Waals surface area contributed by atoms with E-state index in [2.05, 4.69) is 59.7 Å². The molecule has 0 N–H and O–H groups in total. The summed E-state index contributed by atoms with van der Waals surface area (Å²) in [6.45, 7) is 0. The van der Waals surface area contributed by atoms with Crippen LogP contribution < -0.4 is 0 Å². The third-order valence-corrected chi connectivity index (χ3v) is 1.44. The van der Waals surface area contributed by atoms with Crippen LogP contribution in [0.5, 0.6) is 0 Å². The Balaban J connectivity index is 2.65. The molecule has 0 aromatic rings. The third kappa shape index (κ3) is 1.89. The van der Waals surface area contributed by atoms with Crippen molar-refractivity contribution in [3.05, 3.63) is 24.3 Å². The summed E-state index contributed by atoms with van der Waals surface area (Å²) in [5, 5.41) is 0. The Morgan fingerprint density at radius 1 is 1.25 bits per heavy atom. The topological polar surface area (TPSA) is 0 Å². The molecule has 0 aromatic heterocycles. The van der Waals surface area contributed by atoms with Crippen LogP contribution in [-0.2, 0) is 0 Å². The van der Waals surface area contributed by atoms with E-state index in [0.717, 1.165) is 0 Å². The molecule has 0 bridgehead atoms. The van der Waals surface area contributed by atoms with Crippen molar-refractivity contribution in [2.45, 2.75) is 9.18 Å². The number of rotatable bonds is 0. The van der Waals surface area contributed by atoms with Crippen LogP contribution in [0.3, 0.4) is 0 Å². The molecule has 32 valence electrons.